The molecular formula is C14H25NO. The van der Waals surface area contributed by atoms with E-state index in [4.69, 9.17) is 4.42 Å². The highest BCUT2D eigenvalue weighted by molar-refractivity contribution is 5.00. The lowest BCUT2D eigenvalue weighted by molar-refractivity contribution is 0.429. The molecule has 0 aromatic carbocycles. The second kappa shape index (κ2) is 8.40. The first-order valence-corrected chi connectivity index (χ1v) is 6.56. The Morgan fingerprint density at radius 2 is 2.06 bits per heavy atom. The summed E-state index contributed by atoms with van der Waals surface area (Å²) in [4.78, 5) is 0. The summed E-state index contributed by atoms with van der Waals surface area (Å²) in [6.07, 6.45) is 10.8. The number of nitrogens with one attached hydrogen (secondary N) is 1. The minimum Gasteiger partial charge on any atom is -0.469 e. The van der Waals surface area contributed by atoms with Gasteiger partial charge in [0, 0.05) is 12.5 Å². The quantitative estimate of drug-likeness (QED) is 0.645. The van der Waals surface area contributed by atoms with E-state index in [1.807, 2.05) is 13.1 Å². The van der Waals surface area contributed by atoms with Crippen LogP contribution in [0.15, 0.2) is 22.8 Å². The van der Waals surface area contributed by atoms with E-state index in [-0.39, 0.29) is 0 Å². The fourth-order valence-corrected chi connectivity index (χ4v) is 2.01. The third kappa shape index (κ3) is 5.36. The van der Waals surface area contributed by atoms with Gasteiger partial charge in [0.2, 0.25) is 0 Å². The summed E-state index contributed by atoms with van der Waals surface area (Å²) in [7, 11) is 2.04. The zero-order valence-electron chi connectivity index (χ0n) is 10.7. The number of furan rings is 1. The van der Waals surface area contributed by atoms with E-state index >= 15 is 0 Å². The topological polar surface area (TPSA) is 25.2 Å². The van der Waals surface area contributed by atoms with Crippen LogP contribution in [0.2, 0.25) is 0 Å². The monoisotopic (exact) mass is 223 g/mol. The van der Waals surface area contributed by atoms with Crippen LogP contribution >= 0.6 is 0 Å². The Labute approximate surface area is 99.4 Å². The van der Waals surface area contributed by atoms with Gasteiger partial charge in [-0.15, -0.1) is 0 Å². The Balaban J connectivity index is 2.12. The lowest BCUT2D eigenvalue weighted by Gasteiger charge is -2.14. The van der Waals surface area contributed by atoms with Crippen molar-refractivity contribution in [1.29, 1.82) is 0 Å². The smallest absolute Gasteiger partial charge is 0.105 e. The minimum absolute atomic E-state index is 0.563. The molecule has 0 bridgehead atoms. The normalized spacial score (nSPS) is 12.9. The molecule has 0 aliphatic rings. The van der Waals surface area contributed by atoms with E-state index in [2.05, 4.69) is 18.3 Å². The Morgan fingerprint density at radius 3 is 2.69 bits per heavy atom. The molecule has 1 atom stereocenters. The summed E-state index contributed by atoms with van der Waals surface area (Å²) in [6, 6.07) is 4.58. The highest BCUT2D eigenvalue weighted by atomic mass is 16.3. The van der Waals surface area contributed by atoms with E-state index in [1.165, 1.54) is 38.5 Å². The minimum atomic E-state index is 0.563. The number of rotatable bonds is 9. The van der Waals surface area contributed by atoms with Gasteiger partial charge >= 0.3 is 0 Å². The molecule has 0 spiro atoms. The fourth-order valence-electron chi connectivity index (χ4n) is 2.01. The van der Waals surface area contributed by atoms with E-state index in [0.29, 0.717) is 6.04 Å². The van der Waals surface area contributed by atoms with E-state index in [1.54, 1.807) is 6.26 Å². The molecule has 2 nitrogen and oxygen atoms in total. The molecule has 0 radical (unpaired) electrons. The summed E-state index contributed by atoms with van der Waals surface area (Å²) in [5.41, 5.74) is 0. The SMILES string of the molecule is CCCCCCCC(Cc1ccco1)NC. The van der Waals surface area contributed by atoms with Crippen molar-refractivity contribution in [3.8, 4) is 0 Å². The molecule has 1 rings (SSSR count). The third-order valence-corrected chi connectivity index (χ3v) is 3.09. The molecule has 1 aromatic heterocycles. The molecule has 1 N–H and O–H groups in total. The van der Waals surface area contributed by atoms with Gasteiger partial charge in [-0.1, -0.05) is 39.0 Å². The predicted molar refractivity (Wildman–Crippen MR) is 68.6 cm³/mol. The van der Waals surface area contributed by atoms with Crippen LogP contribution in [-0.4, -0.2) is 13.1 Å². The maximum Gasteiger partial charge on any atom is 0.105 e. The summed E-state index contributed by atoms with van der Waals surface area (Å²) >= 11 is 0. The van der Waals surface area contributed by atoms with Gasteiger partial charge in [0.15, 0.2) is 0 Å². The maximum absolute atomic E-state index is 5.37. The molecule has 2 heteroatoms. The van der Waals surface area contributed by atoms with Gasteiger partial charge in [-0.05, 0) is 25.6 Å². The molecule has 92 valence electrons. The second-order valence-corrected chi connectivity index (χ2v) is 4.47. The first-order chi connectivity index (χ1) is 7.86. The standard InChI is InChI=1S/C14H25NO/c1-3-4-5-6-7-9-13(15-2)12-14-10-8-11-16-14/h8,10-11,13,15H,3-7,9,12H2,1-2H3. The molecule has 0 fully saturated rings. The van der Waals surface area contributed by atoms with E-state index < -0.39 is 0 Å². The lowest BCUT2D eigenvalue weighted by Crippen LogP contribution is -2.27. The molecule has 16 heavy (non-hydrogen) atoms. The molecule has 0 saturated carbocycles. The van der Waals surface area contributed by atoms with Crippen LogP contribution in [0, 0.1) is 0 Å². The van der Waals surface area contributed by atoms with Crippen LogP contribution in [0.3, 0.4) is 0 Å². The van der Waals surface area contributed by atoms with Crippen molar-refractivity contribution < 1.29 is 4.42 Å². The van der Waals surface area contributed by atoms with Crippen molar-refractivity contribution in [2.45, 2.75) is 57.9 Å². The van der Waals surface area contributed by atoms with Gasteiger partial charge in [-0.2, -0.15) is 0 Å². The van der Waals surface area contributed by atoms with Crippen molar-refractivity contribution in [2.24, 2.45) is 0 Å². The van der Waals surface area contributed by atoms with Crippen molar-refractivity contribution in [3.05, 3.63) is 24.2 Å². The summed E-state index contributed by atoms with van der Waals surface area (Å²) in [6.45, 7) is 2.26. The largest absolute Gasteiger partial charge is 0.469 e. The van der Waals surface area contributed by atoms with E-state index in [0.717, 1.165) is 12.2 Å². The van der Waals surface area contributed by atoms with Crippen LogP contribution in [-0.2, 0) is 6.42 Å². The van der Waals surface area contributed by atoms with Crippen LogP contribution in [0.25, 0.3) is 0 Å². The van der Waals surface area contributed by atoms with Crippen molar-refractivity contribution in [2.75, 3.05) is 7.05 Å². The van der Waals surface area contributed by atoms with Crippen molar-refractivity contribution in [1.82, 2.24) is 5.32 Å². The van der Waals surface area contributed by atoms with Gasteiger partial charge in [0.05, 0.1) is 6.26 Å². The van der Waals surface area contributed by atoms with Crippen LogP contribution in [0.4, 0.5) is 0 Å². The van der Waals surface area contributed by atoms with Gasteiger partial charge in [-0.3, -0.25) is 0 Å². The molecule has 0 amide bonds. The number of unbranched alkanes of at least 4 members (excludes halogenated alkanes) is 4. The number of hydrogen-bond donors (Lipinski definition) is 1. The summed E-state index contributed by atoms with van der Waals surface area (Å²) in [5.74, 6) is 1.09. The highest BCUT2D eigenvalue weighted by Gasteiger charge is 2.08. The number of likely N-dealkylation sites (N-methyl/N-ethyl adjacent to an activating group) is 1. The van der Waals surface area contributed by atoms with Gasteiger partial charge in [-0.25, -0.2) is 0 Å². The average molecular weight is 223 g/mol. The molecule has 0 aliphatic carbocycles. The second-order valence-electron chi connectivity index (χ2n) is 4.47. The first-order valence-electron chi connectivity index (χ1n) is 6.56. The molecule has 0 saturated heterocycles. The summed E-state index contributed by atoms with van der Waals surface area (Å²) < 4.78 is 5.37. The van der Waals surface area contributed by atoms with Crippen LogP contribution in [0.1, 0.15) is 51.2 Å². The molecule has 1 unspecified atom stereocenters. The molecule has 0 aliphatic heterocycles. The van der Waals surface area contributed by atoms with Gasteiger partial charge < -0.3 is 9.73 Å². The Bertz CT molecular complexity index is 243. The maximum atomic E-state index is 5.37. The third-order valence-electron chi connectivity index (χ3n) is 3.09. The zero-order chi connectivity index (χ0) is 11.6. The number of hydrogen-bond acceptors (Lipinski definition) is 2. The average Bonchev–Trinajstić information content (AvgIpc) is 2.80. The Morgan fingerprint density at radius 1 is 1.25 bits per heavy atom. The van der Waals surface area contributed by atoms with Crippen LogP contribution < -0.4 is 5.32 Å². The summed E-state index contributed by atoms with van der Waals surface area (Å²) in [5, 5.41) is 3.37. The van der Waals surface area contributed by atoms with Crippen molar-refractivity contribution >= 4 is 0 Å². The van der Waals surface area contributed by atoms with Crippen LogP contribution in [0.5, 0.6) is 0 Å². The molecule has 1 aromatic rings. The fraction of sp³-hybridized carbons (Fsp3) is 0.714. The zero-order valence-corrected chi connectivity index (χ0v) is 10.7. The first kappa shape index (κ1) is 13.3. The molecular weight excluding hydrogens is 198 g/mol. The molecule has 1 heterocycles. The van der Waals surface area contributed by atoms with Crippen molar-refractivity contribution in [3.63, 3.8) is 0 Å². The lowest BCUT2D eigenvalue weighted by atomic mass is 10.0. The predicted octanol–water partition coefficient (Wildman–Crippen LogP) is 3.77. The van der Waals surface area contributed by atoms with Gasteiger partial charge in [0.1, 0.15) is 5.76 Å². The van der Waals surface area contributed by atoms with E-state index in [9.17, 15) is 0 Å². The van der Waals surface area contributed by atoms with Gasteiger partial charge in [0.25, 0.3) is 0 Å². The Hall–Kier alpha value is -0.760. The highest BCUT2D eigenvalue weighted by Crippen LogP contribution is 2.11. The Kier molecular flexibility index (Phi) is 6.98.